The molecule has 0 aliphatic carbocycles. The van der Waals surface area contributed by atoms with Gasteiger partial charge in [0, 0.05) is 13.1 Å². The molecule has 0 radical (unpaired) electrons. The van der Waals surface area contributed by atoms with Crippen molar-refractivity contribution in [3.8, 4) is 0 Å². The number of nitrogen functional groups attached to an aromatic ring is 1. The van der Waals surface area contributed by atoms with Gasteiger partial charge in [-0.05, 0) is 45.1 Å². The van der Waals surface area contributed by atoms with Gasteiger partial charge in [0.2, 0.25) is 0 Å². The van der Waals surface area contributed by atoms with E-state index in [4.69, 9.17) is 5.73 Å². The van der Waals surface area contributed by atoms with Crippen molar-refractivity contribution < 1.29 is 0 Å². The molecule has 0 spiro atoms. The topological polar surface area (TPSA) is 58.3 Å². The average molecular weight is 251 g/mol. The molecule has 0 atom stereocenters. The Kier molecular flexibility index (Phi) is 6.43. The van der Waals surface area contributed by atoms with Crippen LogP contribution < -0.4 is 10.6 Å². The van der Waals surface area contributed by atoms with Gasteiger partial charge in [-0.25, -0.2) is 0 Å². The summed E-state index contributed by atoms with van der Waals surface area (Å²) in [5.41, 5.74) is 5.55. The normalized spacial score (nSPS) is 10.9. The zero-order valence-electron chi connectivity index (χ0n) is 11.8. The molecule has 0 bridgehead atoms. The van der Waals surface area contributed by atoms with Crippen LogP contribution >= 0.6 is 0 Å². The van der Waals surface area contributed by atoms with Crippen LogP contribution in [0.25, 0.3) is 0 Å². The summed E-state index contributed by atoms with van der Waals surface area (Å²) < 4.78 is 0. The Hall–Kier alpha value is -1.36. The zero-order valence-corrected chi connectivity index (χ0v) is 11.8. The third kappa shape index (κ3) is 4.49. The lowest BCUT2D eigenvalue weighted by atomic mass is 10.3. The molecule has 18 heavy (non-hydrogen) atoms. The molecule has 0 saturated carbocycles. The number of hydrogen-bond donors (Lipinski definition) is 1. The van der Waals surface area contributed by atoms with Crippen LogP contribution in [-0.4, -0.2) is 47.8 Å². The first-order valence-corrected chi connectivity index (χ1v) is 6.77. The van der Waals surface area contributed by atoms with Gasteiger partial charge in [-0.15, -0.1) is 10.2 Å². The monoisotopic (exact) mass is 251 g/mol. The molecule has 1 rings (SSSR count). The maximum atomic E-state index is 5.55. The summed E-state index contributed by atoms with van der Waals surface area (Å²) in [5.74, 6) is 1.38. The van der Waals surface area contributed by atoms with Crippen LogP contribution in [-0.2, 0) is 0 Å². The van der Waals surface area contributed by atoms with Crippen LogP contribution in [0.3, 0.4) is 0 Å². The maximum absolute atomic E-state index is 5.55. The molecule has 0 aliphatic rings. The minimum atomic E-state index is 0.470. The van der Waals surface area contributed by atoms with E-state index < -0.39 is 0 Å². The van der Waals surface area contributed by atoms with Crippen molar-refractivity contribution >= 4 is 11.6 Å². The molecular weight excluding hydrogens is 226 g/mol. The van der Waals surface area contributed by atoms with Crippen LogP contribution in [0.15, 0.2) is 12.1 Å². The lowest BCUT2D eigenvalue weighted by molar-refractivity contribution is 0.300. The first kappa shape index (κ1) is 14.7. The molecule has 0 fully saturated rings. The fourth-order valence-electron chi connectivity index (χ4n) is 1.96. The Morgan fingerprint density at radius 3 is 2.22 bits per heavy atom. The second-order valence-corrected chi connectivity index (χ2v) is 4.28. The van der Waals surface area contributed by atoms with Crippen LogP contribution in [0, 0.1) is 0 Å². The minimum absolute atomic E-state index is 0.470. The van der Waals surface area contributed by atoms with Gasteiger partial charge < -0.3 is 15.5 Å². The van der Waals surface area contributed by atoms with E-state index in [9.17, 15) is 0 Å². The first-order valence-electron chi connectivity index (χ1n) is 6.77. The Bertz CT molecular complexity index is 321. The predicted octanol–water partition coefficient (Wildman–Crippen LogP) is 1.62. The van der Waals surface area contributed by atoms with Crippen molar-refractivity contribution in [3.05, 3.63) is 12.1 Å². The van der Waals surface area contributed by atoms with E-state index in [0.29, 0.717) is 5.82 Å². The van der Waals surface area contributed by atoms with Crippen LogP contribution in [0.5, 0.6) is 0 Å². The van der Waals surface area contributed by atoms with E-state index >= 15 is 0 Å². The number of hydrogen-bond acceptors (Lipinski definition) is 5. The van der Waals surface area contributed by atoms with E-state index in [1.54, 1.807) is 6.07 Å². The third-order valence-electron chi connectivity index (χ3n) is 3.17. The molecule has 5 heteroatoms. The van der Waals surface area contributed by atoms with Gasteiger partial charge in [0.05, 0.1) is 0 Å². The van der Waals surface area contributed by atoms with Gasteiger partial charge >= 0.3 is 0 Å². The third-order valence-corrected chi connectivity index (χ3v) is 3.17. The van der Waals surface area contributed by atoms with Crippen molar-refractivity contribution in [2.24, 2.45) is 0 Å². The van der Waals surface area contributed by atoms with Crippen LogP contribution in [0.2, 0.25) is 0 Å². The van der Waals surface area contributed by atoms with E-state index in [0.717, 1.165) is 45.0 Å². The van der Waals surface area contributed by atoms with Gasteiger partial charge in [-0.3, -0.25) is 0 Å². The lowest BCUT2D eigenvalue weighted by Gasteiger charge is -2.24. The fourth-order valence-corrected chi connectivity index (χ4v) is 1.96. The highest BCUT2D eigenvalue weighted by molar-refractivity contribution is 5.40. The molecule has 0 aromatic carbocycles. The minimum Gasteiger partial charge on any atom is -0.382 e. The van der Waals surface area contributed by atoms with Gasteiger partial charge in [-0.2, -0.15) is 0 Å². The van der Waals surface area contributed by atoms with E-state index in [2.05, 4.69) is 40.8 Å². The number of rotatable bonds is 8. The Morgan fingerprint density at radius 1 is 1.00 bits per heavy atom. The van der Waals surface area contributed by atoms with Crippen molar-refractivity contribution in [1.82, 2.24) is 15.1 Å². The molecule has 5 nitrogen and oxygen atoms in total. The Balaban J connectivity index is 2.44. The first-order chi connectivity index (χ1) is 8.71. The van der Waals surface area contributed by atoms with Gasteiger partial charge in [-0.1, -0.05) is 13.8 Å². The summed E-state index contributed by atoms with van der Waals surface area (Å²) in [6.07, 6.45) is 1.14. The standard InChI is InChI=1S/C13H25N5/c1-4-17(5-2)10-7-11-18(6-3)13-9-8-12(14)15-16-13/h8-9H,4-7,10-11H2,1-3H3,(H2,14,15). The zero-order chi connectivity index (χ0) is 13.4. The van der Waals surface area contributed by atoms with Crippen molar-refractivity contribution in [3.63, 3.8) is 0 Å². The SMILES string of the molecule is CCN(CC)CCCN(CC)c1ccc(N)nn1. The largest absolute Gasteiger partial charge is 0.382 e. The highest BCUT2D eigenvalue weighted by Crippen LogP contribution is 2.10. The maximum Gasteiger partial charge on any atom is 0.151 e. The average Bonchev–Trinajstić information content (AvgIpc) is 2.41. The fraction of sp³-hybridized carbons (Fsp3) is 0.692. The quantitative estimate of drug-likeness (QED) is 0.761. The van der Waals surface area contributed by atoms with Crippen LogP contribution in [0.4, 0.5) is 11.6 Å². The molecule has 0 unspecified atom stereocenters. The molecule has 1 heterocycles. The Labute approximate surface area is 110 Å². The summed E-state index contributed by atoms with van der Waals surface area (Å²) in [4.78, 5) is 4.67. The smallest absolute Gasteiger partial charge is 0.151 e. The molecule has 0 saturated heterocycles. The van der Waals surface area contributed by atoms with Crippen LogP contribution in [0.1, 0.15) is 27.2 Å². The summed E-state index contributed by atoms with van der Waals surface area (Å²) in [6, 6.07) is 3.73. The Morgan fingerprint density at radius 2 is 1.72 bits per heavy atom. The highest BCUT2D eigenvalue weighted by Gasteiger charge is 2.07. The summed E-state index contributed by atoms with van der Waals surface area (Å²) in [7, 11) is 0. The van der Waals surface area contributed by atoms with Crippen molar-refractivity contribution in [2.45, 2.75) is 27.2 Å². The molecule has 102 valence electrons. The molecule has 2 N–H and O–H groups in total. The summed E-state index contributed by atoms with van der Waals surface area (Å²) >= 11 is 0. The second-order valence-electron chi connectivity index (χ2n) is 4.28. The summed E-state index contributed by atoms with van der Waals surface area (Å²) in [5, 5.41) is 8.02. The highest BCUT2D eigenvalue weighted by atomic mass is 15.3. The molecule has 0 amide bonds. The van der Waals surface area contributed by atoms with Crippen molar-refractivity contribution in [2.75, 3.05) is 43.4 Å². The second kappa shape index (κ2) is 7.87. The van der Waals surface area contributed by atoms with E-state index in [1.165, 1.54) is 0 Å². The van der Waals surface area contributed by atoms with Gasteiger partial charge in [0.15, 0.2) is 5.82 Å². The summed E-state index contributed by atoms with van der Waals surface area (Å²) in [6.45, 7) is 11.8. The number of anilines is 2. The predicted molar refractivity (Wildman–Crippen MR) is 76.7 cm³/mol. The van der Waals surface area contributed by atoms with Crippen molar-refractivity contribution in [1.29, 1.82) is 0 Å². The number of aromatic nitrogens is 2. The van der Waals surface area contributed by atoms with E-state index in [1.807, 2.05) is 6.07 Å². The molecule has 1 aromatic rings. The number of nitrogens with two attached hydrogens (primary N) is 1. The molecular formula is C13H25N5. The van der Waals surface area contributed by atoms with Gasteiger partial charge in [0.25, 0.3) is 0 Å². The van der Waals surface area contributed by atoms with Gasteiger partial charge in [0.1, 0.15) is 5.82 Å². The number of nitrogens with zero attached hydrogens (tertiary/aromatic N) is 4. The van der Waals surface area contributed by atoms with E-state index in [-0.39, 0.29) is 0 Å². The molecule has 1 aromatic heterocycles. The lowest BCUT2D eigenvalue weighted by Crippen LogP contribution is -2.30. The molecule has 0 aliphatic heterocycles.